The summed E-state index contributed by atoms with van der Waals surface area (Å²) >= 11 is 0. The number of aliphatic imine (C=N–C) groups is 1. The molecule has 3 rings (SSSR count). The fourth-order valence-electron chi connectivity index (χ4n) is 5.77. The van der Waals surface area contributed by atoms with Crippen LogP contribution in [0.1, 0.15) is 77.8 Å². The first kappa shape index (κ1) is 44.2. The van der Waals surface area contributed by atoms with Crippen LogP contribution in [0.15, 0.2) is 59.6 Å². The second-order valence-electron chi connectivity index (χ2n) is 14.3. The van der Waals surface area contributed by atoms with Crippen molar-refractivity contribution in [3.8, 4) is 0 Å². The van der Waals surface area contributed by atoms with E-state index < -0.39 is 117 Å². The van der Waals surface area contributed by atoms with Crippen molar-refractivity contribution in [1.82, 2.24) is 10.6 Å². The molecule has 0 saturated carbocycles. The van der Waals surface area contributed by atoms with E-state index in [0.717, 1.165) is 4.90 Å². The third-order valence-corrected chi connectivity index (χ3v) is 8.37. The number of hydrogen-bond donors (Lipinski definition) is 3. The highest BCUT2D eigenvalue weighted by atomic mass is 19.4. The number of nitrogens with zero attached hydrogens (tertiary/aromatic N) is 2. The zero-order chi connectivity index (χ0) is 41.3. The monoisotopic (exact) mass is 785 g/mol. The van der Waals surface area contributed by atoms with E-state index in [1.807, 2.05) is 0 Å². The zero-order valence-corrected chi connectivity index (χ0v) is 30.9. The van der Waals surface area contributed by atoms with E-state index in [2.05, 4.69) is 15.6 Å². The Morgan fingerprint density at radius 3 is 2.04 bits per heavy atom. The summed E-state index contributed by atoms with van der Waals surface area (Å²) in [5, 5.41) is 4.77. The molecule has 0 fully saturated rings. The second-order valence-corrected chi connectivity index (χ2v) is 14.3. The Kier molecular flexibility index (Phi) is 14.8. The van der Waals surface area contributed by atoms with Gasteiger partial charge in [-0.15, -0.1) is 0 Å². The quantitative estimate of drug-likeness (QED) is 0.144. The van der Waals surface area contributed by atoms with Crippen LogP contribution in [0.25, 0.3) is 0 Å². The molecule has 1 heterocycles. The number of nitrogens with one attached hydrogen (secondary N) is 2. The van der Waals surface area contributed by atoms with Gasteiger partial charge in [0, 0.05) is 35.8 Å². The van der Waals surface area contributed by atoms with Crippen LogP contribution in [0.3, 0.4) is 0 Å². The van der Waals surface area contributed by atoms with Crippen molar-refractivity contribution in [1.29, 1.82) is 0 Å². The minimum Gasteiger partial charge on any atom is -0.444 e. The lowest BCUT2D eigenvalue weighted by atomic mass is 9.83. The number of anilines is 1. The summed E-state index contributed by atoms with van der Waals surface area (Å²) in [6, 6.07) is 13.4. The maximum atomic E-state index is 14.3. The Bertz CT molecular complexity index is 1710. The highest BCUT2D eigenvalue weighted by molar-refractivity contribution is 6.20. The number of alkyl carbamates (subject to hydrolysis) is 1. The van der Waals surface area contributed by atoms with Crippen molar-refractivity contribution >= 4 is 41.2 Å². The summed E-state index contributed by atoms with van der Waals surface area (Å²) in [5.74, 6) is -8.75. The lowest BCUT2D eigenvalue weighted by Crippen LogP contribution is -2.52. The van der Waals surface area contributed by atoms with E-state index in [-0.39, 0.29) is 11.4 Å². The normalized spacial score (nSPS) is 16.6. The predicted octanol–water partition coefficient (Wildman–Crippen LogP) is 6.16. The molecule has 0 unspecified atom stereocenters. The number of ether oxygens (including phenoxy) is 2. The fraction of sp³-hybridized carbons (Fsp3) is 0.514. The number of esters is 1. The van der Waals surface area contributed by atoms with Crippen LogP contribution in [-0.2, 0) is 28.7 Å². The fourth-order valence-corrected chi connectivity index (χ4v) is 5.77. The van der Waals surface area contributed by atoms with E-state index >= 15 is 0 Å². The van der Waals surface area contributed by atoms with Gasteiger partial charge in [0.15, 0.2) is 6.73 Å². The average molecular weight is 786 g/mol. The molecule has 0 radical (unpaired) electrons. The highest BCUT2D eigenvalue weighted by Crippen LogP contribution is 2.33. The lowest BCUT2D eigenvalue weighted by Gasteiger charge is -2.29. The number of hydrogen-bond acceptors (Lipinski definition) is 8. The van der Waals surface area contributed by atoms with E-state index in [1.54, 1.807) is 83.1 Å². The van der Waals surface area contributed by atoms with Crippen molar-refractivity contribution in [3.05, 3.63) is 65.7 Å². The molecule has 18 heteroatoms. The van der Waals surface area contributed by atoms with Crippen LogP contribution in [0.5, 0.6) is 0 Å². The molecule has 4 amide bonds. The van der Waals surface area contributed by atoms with Crippen molar-refractivity contribution in [2.45, 2.75) is 96.9 Å². The van der Waals surface area contributed by atoms with Gasteiger partial charge in [-0.1, -0.05) is 62.4 Å². The number of amides is 4. The first-order valence-corrected chi connectivity index (χ1v) is 17.4. The molecule has 55 heavy (non-hydrogen) atoms. The van der Waals surface area contributed by atoms with Crippen molar-refractivity contribution in [3.63, 3.8) is 0 Å². The van der Waals surface area contributed by atoms with Crippen LogP contribution >= 0.6 is 0 Å². The van der Waals surface area contributed by atoms with Gasteiger partial charge in [-0.05, 0) is 52.0 Å². The Balaban J connectivity index is 2.05. The maximum absolute atomic E-state index is 14.3. The molecule has 0 aliphatic carbocycles. The van der Waals surface area contributed by atoms with Gasteiger partial charge in [0.25, 0.3) is 5.91 Å². The zero-order valence-electron chi connectivity index (χ0n) is 30.9. The van der Waals surface area contributed by atoms with Gasteiger partial charge < -0.3 is 25.8 Å². The molecular weight excluding hydrogens is 740 g/mol. The molecular formula is C37H45F6N5O7. The van der Waals surface area contributed by atoms with Crippen LogP contribution < -0.4 is 21.3 Å². The molecule has 0 aromatic heterocycles. The largest absolute Gasteiger partial charge is 0.444 e. The van der Waals surface area contributed by atoms with E-state index in [4.69, 9.17) is 15.2 Å². The third kappa shape index (κ3) is 13.6. The molecule has 2 aromatic rings. The maximum Gasteiger partial charge on any atom is 0.408 e. The van der Waals surface area contributed by atoms with Gasteiger partial charge in [0.2, 0.25) is 18.0 Å². The number of alkyl halides is 6. The van der Waals surface area contributed by atoms with Crippen molar-refractivity contribution in [2.24, 2.45) is 28.5 Å². The number of benzene rings is 2. The summed E-state index contributed by atoms with van der Waals surface area (Å²) in [4.78, 5) is 72.0. The number of carbonyl (C=O) groups is 5. The molecule has 0 bridgehead atoms. The minimum absolute atomic E-state index is 0.146. The lowest BCUT2D eigenvalue weighted by molar-refractivity contribution is -0.148. The van der Waals surface area contributed by atoms with Gasteiger partial charge in [-0.2, -0.15) is 26.3 Å². The molecule has 4 N–H and O–H groups in total. The molecule has 302 valence electrons. The summed E-state index contributed by atoms with van der Waals surface area (Å²) < 4.78 is 89.7. The number of para-hydroxylation sites is 1. The molecule has 4 atom stereocenters. The molecule has 1 aliphatic heterocycles. The summed E-state index contributed by atoms with van der Waals surface area (Å²) in [6.45, 7) is 7.34. The summed E-state index contributed by atoms with van der Waals surface area (Å²) in [6.07, 6.45) is -17.7. The van der Waals surface area contributed by atoms with Gasteiger partial charge >= 0.3 is 24.4 Å². The highest BCUT2D eigenvalue weighted by Gasteiger charge is 2.41. The molecule has 2 aromatic carbocycles. The molecule has 12 nitrogen and oxygen atoms in total. The number of benzodiazepines with no additional fused rings is 1. The number of nitrogens with two attached hydrogens (primary N) is 1. The van der Waals surface area contributed by atoms with Gasteiger partial charge in [-0.25, -0.2) is 14.6 Å². The first-order chi connectivity index (χ1) is 25.5. The van der Waals surface area contributed by atoms with Crippen LogP contribution in [0.4, 0.5) is 36.8 Å². The number of carbonyl (C=O) groups excluding carboxylic acids is 5. The third-order valence-electron chi connectivity index (χ3n) is 8.37. The predicted molar refractivity (Wildman–Crippen MR) is 188 cm³/mol. The van der Waals surface area contributed by atoms with Gasteiger partial charge in [-0.3, -0.25) is 19.3 Å². The standard InChI is InChI=1S/C37H45F6N5O7/c1-21(2)27(46-34(53)55-35(3,4)5)33(52)54-20-48-26-16-10-9-14-25(26)28(22-12-7-6-8-13-22)45-30(32(48)51)47-31(50)24(15-11-18-36(38,39)40)23(29(44)49)17-19-37(41,42)43/h6-10,12-14,16,21,23-24,27,30H,11,15,17-20H2,1-5H3,(H2,44,49)(H,46,53)(H,47,50)/t23-,24+,27-,30+/m0/s1. The van der Waals surface area contributed by atoms with Crippen LogP contribution in [0, 0.1) is 17.8 Å². The van der Waals surface area contributed by atoms with Crippen molar-refractivity contribution in [2.75, 3.05) is 11.6 Å². The van der Waals surface area contributed by atoms with Crippen LogP contribution in [-0.4, -0.2) is 72.4 Å². The summed E-state index contributed by atoms with van der Waals surface area (Å²) in [5.41, 5.74) is 5.59. The van der Waals surface area contributed by atoms with E-state index in [0.29, 0.717) is 11.1 Å². The average Bonchev–Trinajstić information content (AvgIpc) is 3.17. The Morgan fingerprint density at radius 2 is 1.47 bits per heavy atom. The van der Waals surface area contributed by atoms with Crippen LogP contribution in [0.2, 0.25) is 0 Å². The van der Waals surface area contributed by atoms with Gasteiger partial charge in [0.1, 0.15) is 11.6 Å². The first-order valence-electron chi connectivity index (χ1n) is 17.4. The minimum atomic E-state index is -4.78. The van der Waals surface area contributed by atoms with E-state index in [1.165, 1.54) is 6.07 Å². The second kappa shape index (κ2) is 18.4. The Morgan fingerprint density at radius 1 is 0.873 bits per heavy atom. The molecule has 0 saturated heterocycles. The topological polar surface area (TPSA) is 169 Å². The Labute approximate surface area is 314 Å². The SMILES string of the molecule is CC(C)[C@H](NC(=O)OC(C)(C)C)C(=O)OCN1C(=O)[C@@H](NC(=O)[C@H](CCCC(F)(F)F)[C@H](CCC(F)(F)F)C(N)=O)N=C(c2ccccc2)c2ccccc21. The summed E-state index contributed by atoms with van der Waals surface area (Å²) in [7, 11) is 0. The number of halogens is 6. The molecule has 0 spiro atoms. The number of primary amides is 1. The number of rotatable bonds is 15. The van der Waals surface area contributed by atoms with Gasteiger partial charge in [0.05, 0.1) is 11.4 Å². The molecule has 1 aliphatic rings. The van der Waals surface area contributed by atoms with Crippen molar-refractivity contribution < 1.29 is 59.8 Å². The van der Waals surface area contributed by atoms with E-state index in [9.17, 15) is 50.3 Å². The Hall–Kier alpha value is -5.16. The number of fused-ring (bicyclic) bond motifs is 1. The smallest absolute Gasteiger partial charge is 0.408 e.